The topological polar surface area (TPSA) is 57.5 Å². The summed E-state index contributed by atoms with van der Waals surface area (Å²) in [5.74, 6) is -1.15. The minimum absolute atomic E-state index is 0.0837. The number of rotatable bonds is 0. The summed E-state index contributed by atoms with van der Waals surface area (Å²) in [4.78, 5) is 10.4. The van der Waals surface area contributed by atoms with Crippen molar-refractivity contribution in [2.24, 2.45) is 0 Å². The number of thiocarbonyl (C=S) groups is 1. The van der Waals surface area contributed by atoms with Gasteiger partial charge in [-0.2, -0.15) is 0 Å². The van der Waals surface area contributed by atoms with Crippen LogP contribution in [0.5, 0.6) is 0 Å². The standard InChI is InChI=1S/C6H4O3S/c7-3-1-4(8)6(10)5(9)2-3/h1-2,8-9H. The van der Waals surface area contributed by atoms with Crippen LogP contribution in [-0.4, -0.2) is 20.9 Å². The number of hydrogen-bond donors (Lipinski definition) is 2. The molecule has 0 bridgehead atoms. The van der Waals surface area contributed by atoms with Crippen molar-refractivity contribution in [1.29, 1.82) is 0 Å². The normalized spacial score (nSPS) is 18.4. The Morgan fingerprint density at radius 2 is 1.60 bits per heavy atom. The van der Waals surface area contributed by atoms with Gasteiger partial charge in [0.2, 0.25) is 0 Å². The number of aliphatic hydroxyl groups is 2. The highest BCUT2D eigenvalue weighted by Crippen LogP contribution is 2.08. The van der Waals surface area contributed by atoms with Crippen LogP contribution in [0.2, 0.25) is 0 Å². The summed E-state index contributed by atoms with van der Waals surface area (Å²) in [6.45, 7) is 0. The molecule has 0 aromatic rings. The molecule has 0 amide bonds. The predicted molar refractivity (Wildman–Crippen MR) is 39.0 cm³/mol. The quantitative estimate of drug-likeness (QED) is 0.510. The van der Waals surface area contributed by atoms with Crippen LogP contribution in [0.4, 0.5) is 0 Å². The van der Waals surface area contributed by atoms with Crippen LogP contribution >= 0.6 is 12.2 Å². The molecule has 52 valence electrons. The number of carbonyl (C=O) groups excluding carboxylic acids is 1. The largest absolute Gasteiger partial charge is 0.506 e. The Hall–Kier alpha value is -1.16. The van der Waals surface area contributed by atoms with Gasteiger partial charge in [-0.3, -0.25) is 4.79 Å². The zero-order chi connectivity index (χ0) is 7.72. The molecule has 0 saturated heterocycles. The number of allylic oxidation sites excluding steroid dienone is 2. The summed E-state index contributed by atoms with van der Waals surface area (Å²) in [5.41, 5.74) is 0. The van der Waals surface area contributed by atoms with E-state index in [0.717, 1.165) is 12.2 Å². The molecular weight excluding hydrogens is 152 g/mol. The summed E-state index contributed by atoms with van der Waals surface area (Å²) >= 11 is 4.52. The molecule has 0 spiro atoms. The third kappa shape index (κ3) is 1.06. The molecule has 0 aromatic heterocycles. The van der Waals surface area contributed by atoms with Crippen LogP contribution in [0.1, 0.15) is 0 Å². The third-order valence-corrected chi connectivity index (χ3v) is 1.44. The predicted octanol–water partition coefficient (Wildman–Crippen LogP) is 0.823. The van der Waals surface area contributed by atoms with Gasteiger partial charge in [0.05, 0.1) is 0 Å². The van der Waals surface area contributed by atoms with Crippen molar-refractivity contribution in [2.75, 3.05) is 0 Å². The Kier molecular flexibility index (Phi) is 1.55. The van der Waals surface area contributed by atoms with Gasteiger partial charge in [0.25, 0.3) is 0 Å². The van der Waals surface area contributed by atoms with Gasteiger partial charge in [0.15, 0.2) is 5.78 Å². The lowest BCUT2D eigenvalue weighted by atomic mass is 10.1. The summed E-state index contributed by atoms with van der Waals surface area (Å²) in [6, 6.07) is 0. The Balaban J connectivity index is 3.05. The lowest BCUT2D eigenvalue weighted by Crippen LogP contribution is -2.11. The van der Waals surface area contributed by atoms with Crippen molar-refractivity contribution in [3.63, 3.8) is 0 Å². The molecule has 0 aromatic carbocycles. The fourth-order valence-electron chi connectivity index (χ4n) is 0.573. The number of ketones is 1. The van der Waals surface area contributed by atoms with Crippen LogP contribution in [-0.2, 0) is 4.79 Å². The van der Waals surface area contributed by atoms with Gasteiger partial charge in [-0.25, -0.2) is 0 Å². The molecule has 0 saturated carbocycles. The van der Waals surface area contributed by atoms with E-state index in [4.69, 9.17) is 10.2 Å². The molecule has 1 rings (SSSR count). The van der Waals surface area contributed by atoms with E-state index in [0.29, 0.717) is 0 Å². The number of hydrogen-bond acceptors (Lipinski definition) is 4. The number of carbonyl (C=O) groups is 1. The van der Waals surface area contributed by atoms with E-state index in [1.165, 1.54) is 0 Å². The lowest BCUT2D eigenvalue weighted by molar-refractivity contribution is -0.110. The van der Waals surface area contributed by atoms with Crippen LogP contribution in [0.15, 0.2) is 23.7 Å². The first-order valence-corrected chi connectivity index (χ1v) is 2.92. The Labute approximate surface area is 62.3 Å². The van der Waals surface area contributed by atoms with Gasteiger partial charge >= 0.3 is 0 Å². The monoisotopic (exact) mass is 156 g/mol. The maximum absolute atomic E-state index is 10.5. The summed E-state index contributed by atoms with van der Waals surface area (Å²) in [7, 11) is 0. The van der Waals surface area contributed by atoms with E-state index < -0.39 is 5.78 Å². The zero-order valence-electron chi connectivity index (χ0n) is 4.87. The highest BCUT2D eigenvalue weighted by atomic mass is 32.1. The second-order valence-electron chi connectivity index (χ2n) is 1.79. The molecule has 0 unspecified atom stereocenters. The minimum atomic E-state index is -0.455. The van der Waals surface area contributed by atoms with Gasteiger partial charge in [-0.1, -0.05) is 12.2 Å². The summed E-state index contributed by atoms with van der Waals surface area (Å²) in [6.07, 6.45) is 1.92. The summed E-state index contributed by atoms with van der Waals surface area (Å²) < 4.78 is 0. The Morgan fingerprint density at radius 3 is 2.00 bits per heavy atom. The molecule has 1 aliphatic rings. The van der Waals surface area contributed by atoms with Crippen molar-refractivity contribution in [2.45, 2.75) is 0 Å². The van der Waals surface area contributed by atoms with E-state index in [-0.39, 0.29) is 16.4 Å². The molecule has 0 aliphatic heterocycles. The molecule has 0 atom stereocenters. The number of aliphatic hydroxyl groups excluding tert-OH is 2. The average Bonchev–Trinajstić information content (AvgIpc) is 1.82. The highest BCUT2D eigenvalue weighted by molar-refractivity contribution is 7.81. The molecule has 0 heterocycles. The molecule has 3 nitrogen and oxygen atoms in total. The van der Waals surface area contributed by atoms with E-state index in [2.05, 4.69) is 12.2 Å². The maximum Gasteiger partial charge on any atom is 0.186 e. The van der Waals surface area contributed by atoms with Crippen LogP contribution in [0, 0.1) is 0 Å². The molecule has 10 heavy (non-hydrogen) atoms. The first kappa shape index (κ1) is 6.95. The molecule has 2 N–H and O–H groups in total. The van der Waals surface area contributed by atoms with E-state index >= 15 is 0 Å². The van der Waals surface area contributed by atoms with Crippen molar-refractivity contribution < 1.29 is 15.0 Å². The fraction of sp³-hybridized carbons (Fsp3) is 0. The molecular formula is C6H4O3S. The summed E-state index contributed by atoms with van der Waals surface area (Å²) in [5, 5.41) is 17.6. The first-order valence-electron chi connectivity index (χ1n) is 2.51. The van der Waals surface area contributed by atoms with Crippen molar-refractivity contribution in [3.05, 3.63) is 23.7 Å². The van der Waals surface area contributed by atoms with Crippen molar-refractivity contribution >= 4 is 22.9 Å². The SMILES string of the molecule is O=C1C=C(O)C(=S)C(O)=C1. The van der Waals surface area contributed by atoms with Gasteiger partial charge in [0.1, 0.15) is 16.4 Å². The fourth-order valence-corrected chi connectivity index (χ4v) is 0.691. The van der Waals surface area contributed by atoms with Crippen LogP contribution in [0.25, 0.3) is 0 Å². The van der Waals surface area contributed by atoms with Crippen LogP contribution in [0.3, 0.4) is 0 Å². The van der Waals surface area contributed by atoms with Crippen molar-refractivity contribution in [3.8, 4) is 0 Å². The minimum Gasteiger partial charge on any atom is -0.506 e. The van der Waals surface area contributed by atoms with Crippen molar-refractivity contribution in [1.82, 2.24) is 0 Å². The first-order chi connectivity index (χ1) is 4.61. The second kappa shape index (κ2) is 2.22. The van der Waals surface area contributed by atoms with E-state index in [9.17, 15) is 4.79 Å². The van der Waals surface area contributed by atoms with Gasteiger partial charge in [-0.05, 0) is 0 Å². The molecule has 4 heteroatoms. The second-order valence-corrected chi connectivity index (χ2v) is 2.20. The third-order valence-electron chi connectivity index (χ3n) is 1.02. The van der Waals surface area contributed by atoms with Gasteiger partial charge in [0, 0.05) is 12.2 Å². The Bertz CT molecular complexity index is 238. The Morgan fingerprint density at radius 1 is 1.20 bits per heavy atom. The van der Waals surface area contributed by atoms with Gasteiger partial charge < -0.3 is 10.2 Å². The molecule has 0 radical (unpaired) electrons. The smallest absolute Gasteiger partial charge is 0.186 e. The highest BCUT2D eigenvalue weighted by Gasteiger charge is 2.15. The average molecular weight is 156 g/mol. The lowest BCUT2D eigenvalue weighted by Gasteiger charge is -2.04. The zero-order valence-corrected chi connectivity index (χ0v) is 5.68. The molecule has 1 aliphatic carbocycles. The maximum atomic E-state index is 10.5. The molecule has 0 fully saturated rings. The van der Waals surface area contributed by atoms with E-state index in [1.54, 1.807) is 0 Å². The van der Waals surface area contributed by atoms with Gasteiger partial charge in [-0.15, -0.1) is 0 Å². The van der Waals surface area contributed by atoms with E-state index in [1.807, 2.05) is 0 Å². The van der Waals surface area contributed by atoms with Crippen LogP contribution < -0.4 is 0 Å².